The maximum Gasteiger partial charge on any atom is 0.341 e. The van der Waals surface area contributed by atoms with Gasteiger partial charge in [-0.2, -0.15) is 0 Å². The molecule has 0 aromatic heterocycles. The van der Waals surface area contributed by atoms with Gasteiger partial charge in [-0.1, -0.05) is 18.2 Å². The van der Waals surface area contributed by atoms with Crippen molar-refractivity contribution in [3.8, 4) is 5.75 Å². The van der Waals surface area contributed by atoms with Crippen molar-refractivity contribution in [1.29, 1.82) is 0 Å². The van der Waals surface area contributed by atoms with Gasteiger partial charge < -0.3 is 9.84 Å². The molecule has 0 amide bonds. The van der Waals surface area contributed by atoms with Crippen LogP contribution in [0.3, 0.4) is 0 Å². The number of carboxylic acids is 1. The van der Waals surface area contributed by atoms with Crippen molar-refractivity contribution in [2.45, 2.75) is 6.67 Å². The molecule has 1 N–H and O–H groups in total. The third kappa shape index (κ3) is 2.74. The standard InChI is InChI=1S/C9H9FO3/c10-5-7-3-1-2-4-8(7)13-6-9(11)12/h1-4H,5-6H2,(H,11,12). The first kappa shape index (κ1) is 9.51. The summed E-state index contributed by atoms with van der Waals surface area (Å²) in [5.41, 5.74) is 0.365. The van der Waals surface area contributed by atoms with Crippen molar-refractivity contribution in [3.05, 3.63) is 29.8 Å². The fourth-order valence-corrected chi connectivity index (χ4v) is 0.895. The Balaban J connectivity index is 2.69. The maximum absolute atomic E-state index is 12.3. The molecular formula is C9H9FO3. The highest BCUT2D eigenvalue weighted by atomic mass is 19.1. The smallest absolute Gasteiger partial charge is 0.341 e. The molecule has 0 aliphatic rings. The Morgan fingerprint density at radius 1 is 1.46 bits per heavy atom. The predicted molar refractivity (Wildman–Crippen MR) is 44.4 cm³/mol. The van der Waals surface area contributed by atoms with Crippen LogP contribution < -0.4 is 4.74 Å². The summed E-state index contributed by atoms with van der Waals surface area (Å²) >= 11 is 0. The van der Waals surface area contributed by atoms with Crippen LogP contribution in [0.2, 0.25) is 0 Å². The lowest BCUT2D eigenvalue weighted by atomic mass is 10.2. The topological polar surface area (TPSA) is 46.5 Å². The van der Waals surface area contributed by atoms with Crippen LogP contribution in [0.5, 0.6) is 5.75 Å². The number of halogens is 1. The van der Waals surface area contributed by atoms with Gasteiger partial charge in [-0.15, -0.1) is 0 Å². The van der Waals surface area contributed by atoms with Crippen LogP contribution in [0.1, 0.15) is 5.56 Å². The average Bonchev–Trinajstić information content (AvgIpc) is 2.15. The summed E-state index contributed by atoms with van der Waals surface area (Å²) in [6.07, 6.45) is 0. The van der Waals surface area contributed by atoms with E-state index in [0.29, 0.717) is 5.56 Å². The molecule has 0 aliphatic heterocycles. The zero-order chi connectivity index (χ0) is 9.68. The molecule has 4 heteroatoms. The second-order valence-corrected chi connectivity index (χ2v) is 2.42. The van der Waals surface area contributed by atoms with E-state index in [-0.39, 0.29) is 5.75 Å². The monoisotopic (exact) mass is 184 g/mol. The number of rotatable bonds is 4. The Kier molecular flexibility index (Phi) is 3.25. The maximum atomic E-state index is 12.3. The van der Waals surface area contributed by atoms with Crippen molar-refractivity contribution in [2.24, 2.45) is 0 Å². The summed E-state index contributed by atoms with van der Waals surface area (Å²) in [7, 11) is 0. The molecule has 0 bridgehead atoms. The van der Waals surface area contributed by atoms with Crippen LogP contribution in [0.4, 0.5) is 4.39 Å². The number of carbonyl (C=O) groups is 1. The van der Waals surface area contributed by atoms with Crippen molar-refractivity contribution in [2.75, 3.05) is 6.61 Å². The average molecular weight is 184 g/mol. The molecule has 1 rings (SSSR count). The van der Waals surface area contributed by atoms with E-state index in [2.05, 4.69) is 0 Å². The minimum atomic E-state index is -1.08. The lowest BCUT2D eigenvalue weighted by Gasteiger charge is -2.06. The first-order valence-electron chi connectivity index (χ1n) is 3.72. The molecule has 0 aliphatic carbocycles. The minimum Gasteiger partial charge on any atom is -0.482 e. The van der Waals surface area contributed by atoms with E-state index in [9.17, 15) is 9.18 Å². The molecule has 1 aromatic rings. The molecule has 0 saturated heterocycles. The molecule has 0 fully saturated rings. The Labute approximate surface area is 74.8 Å². The lowest BCUT2D eigenvalue weighted by Crippen LogP contribution is -2.10. The van der Waals surface area contributed by atoms with Crippen molar-refractivity contribution in [3.63, 3.8) is 0 Å². The highest BCUT2D eigenvalue weighted by Crippen LogP contribution is 2.18. The van der Waals surface area contributed by atoms with E-state index >= 15 is 0 Å². The van der Waals surface area contributed by atoms with E-state index in [1.165, 1.54) is 6.07 Å². The SMILES string of the molecule is O=C(O)COc1ccccc1CF. The van der Waals surface area contributed by atoms with Crippen LogP contribution in [0.25, 0.3) is 0 Å². The van der Waals surface area contributed by atoms with E-state index in [1.54, 1.807) is 18.2 Å². The summed E-state index contributed by atoms with van der Waals surface area (Å²) in [4.78, 5) is 10.2. The van der Waals surface area contributed by atoms with Gasteiger partial charge in [0.15, 0.2) is 6.61 Å². The van der Waals surface area contributed by atoms with E-state index in [1.807, 2.05) is 0 Å². The Bertz CT molecular complexity index is 299. The number of para-hydroxylation sites is 1. The van der Waals surface area contributed by atoms with Crippen LogP contribution in [-0.2, 0) is 11.5 Å². The Morgan fingerprint density at radius 2 is 2.15 bits per heavy atom. The third-order valence-electron chi connectivity index (χ3n) is 1.47. The summed E-state index contributed by atoms with van der Waals surface area (Å²) in [5, 5.41) is 8.32. The molecule has 0 atom stereocenters. The molecule has 3 nitrogen and oxygen atoms in total. The first-order valence-corrected chi connectivity index (χ1v) is 3.72. The number of hydrogen-bond donors (Lipinski definition) is 1. The fraction of sp³-hybridized carbons (Fsp3) is 0.222. The van der Waals surface area contributed by atoms with Gasteiger partial charge in [-0.3, -0.25) is 0 Å². The number of aliphatic carboxylic acids is 1. The summed E-state index contributed by atoms with van der Waals surface area (Å²) in [6.45, 7) is -1.10. The van der Waals surface area contributed by atoms with Gasteiger partial charge in [0.1, 0.15) is 12.4 Å². The second kappa shape index (κ2) is 4.45. The Morgan fingerprint density at radius 3 is 2.77 bits per heavy atom. The van der Waals surface area contributed by atoms with Gasteiger partial charge in [-0.25, -0.2) is 9.18 Å². The van der Waals surface area contributed by atoms with Crippen LogP contribution in [0.15, 0.2) is 24.3 Å². The van der Waals surface area contributed by atoms with Gasteiger partial charge in [-0.05, 0) is 6.07 Å². The number of carboxylic acid groups (broad SMARTS) is 1. The molecule has 1 aromatic carbocycles. The number of hydrogen-bond acceptors (Lipinski definition) is 2. The first-order chi connectivity index (χ1) is 6.24. The molecular weight excluding hydrogens is 175 g/mol. The summed E-state index contributed by atoms with van der Waals surface area (Å²) in [5.74, 6) is -0.791. The van der Waals surface area contributed by atoms with Gasteiger partial charge >= 0.3 is 5.97 Å². The molecule has 0 spiro atoms. The summed E-state index contributed by atoms with van der Waals surface area (Å²) < 4.78 is 17.1. The highest BCUT2D eigenvalue weighted by molar-refractivity contribution is 5.68. The third-order valence-corrected chi connectivity index (χ3v) is 1.47. The fourth-order valence-electron chi connectivity index (χ4n) is 0.895. The van der Waals surface area contributed by atoms with E-state index < -0.39 is 19.3 Å². The van der Waals surface area contributed by atoms with Gasteiger partial charge in [0.25, 0.3) is 0 Å². The highest BCUT2D eigenvalue weighted by Gasteiger charge is 2.03. The number of alkyl halides is 1. The van der Waals surface area contributed by atoms with Crippen LogP contribution in [-0.4, -0.2) is 17.7 Å². The molecule has 0 saturated carbocycles. The zero-order valence-electron chi connectivity index (χ0n) is 6.87. The molecule has 13 heavy (non-hydrogen) atoms. The van der Waals surface area contributed by atoms with Gasteiger partial charge in [0.05, 0.1) is 0 Å². The quantitative estimate of drug-likeness (QED) is 0.773. The molecule has 0 unspecified atom stereocenters. The largest absolute Gasteiger partial charge is 0.482 e. The van der Waals surface area contributed by atoms with E-state index in [4.69, 9.17) is 9.84 Å². The zero-order valence-corrected chi connectivity index (χ0v) is 6.87. The second-order valence-electron chi connectivity index (χ2n) is 2.42. The van der Waals surface area contributed by atoms with Crippen molar-refractivity contribution < 1.29 is 19.0 Å². The normalized spacial score (nSPS) is 9.62. The number of benzene rings is 1. The van der Waals surface area contributed by atoms with Crippen molar-refractivity contribution >= 4 is 5.97 Å². The number of ether oxygens (including phenoxy) is 1. The van der Waals surface area contributed by atoms with Crippen LogP contribution >= 0.6 is 0 Å². The summed E-state index contributed by atoms with van der Waals surface area (Å²) in [6, 6.07) is 6.42. The minimum absolute atomic E-state index is 0.285. The van der Waals surface area contributed by atoms with Crippen LogP contribution in [0, 0.1) is 0 Å². The molecule has 0 heterocycles. The van der Waals surface area contributed by atoms with E-state index in [0.717, 1.165) is 0 Å². The lowest BCUT2D eigenvalue weighted by molar-refractivity contribution is -0.139. The molecule has 0 radical (unpaired) electrons. The predicted octanol–water partition coefficient (Wildman–Crippen LogP) is 1.62. The Hall–Kier alpha value is -1.58. The van der Waals surface area contributed by atoms with Gasteiger partial charge in [0.2, 0.25) is 0 Å². The van der Waals surface area contributed by atoms with Crippen molar-refractivity contribution in [1.82, 2.24) is 0 Å². The molecule has 70 valence electrons. The van der Waals surface area contributed by atoms with Gasteiger partial charge in [0, 0.05) is 5.56 Å².